The van der Waals surface area contributed by atoms with Crippen molar-refractivity contribution in [3.63, 3.8) is 0 Å². The fraction of sp³-hybridized carbons (Fsp3) is 0.462. The van der Waals surface area contributed by atoms with Gasteiger partial charge in [0.25, 0.3) is 34.7 Å². The third-order valence-corrected chi connectivity index (χ3v) is 11.6. The summed E-state index contributed by atoms with van der Waals surface area (Å²) in [5.41, 5.74) is -2.07. The average molecular weight is 1040 g/mol. The van der Waals surface area contributed by atoms with Gasteiger partial charge in [-0.05, 0) is 101 Å². The summed E-state index contributed by atoms with van der Waals surface area (Å²) in [6, 6.07) is 20.6. The SMILES string of the molecule is CC(C)(C)OC(=O)NCCOCCNC(=O)C1CCCNCCCNC(=O)c2ccc(n(OCc3ccccc3)c2=O)C(=O)N[C@@H]2COC[C@@H]2NC(=O)c2ccc(c(=O)n2OCc2ccccc2)C(=O)NCCCN1. The molecule has 6 heterocycles. The molecule has 1 fully saturated rings. The van der Waals surface area contributed by atoms with E-state index in [0.29, 0.717) is 56.4 Å². The van der Waals surface area contributed by atoms with Gasteiger partial charge in [0, 0.05) is 26.2 Å². The van der Waals surface area contributed by atoms with Crippen molar-refractivity contribution in [2.45, 2.75) is 83.4 Å². The lowest BCUT2D eigenvalue weighted by molar-refractivity contribution is -0.123. The number of carbonyl (C=O) groups is 6. The molecule has 0 aliphatic carbocycles. The lowest BCUT2D eigenvalue weighted by Crippen LogP contribution is -2.52. The van der Waals surface area contributed by atoms with Crippen LogP contribution >= 0.6 is 0 Å². The Labute approximate surface area is 434 Å². The first-order valence-corrected chi connectivity index (χ1v) is 25.1. The minimum Gasteiger partial charge on any atom is -0.444 e. The average Bonchev–Trinajstić information content (AvgIpc) is 3.82. The van der Waals surface area contributed by atoms with Gasteiger partial charge in [0.05, 0.1) is 44.6 Å². The summed E-state index contributed by atoms with van der Waals surface area (Å²) in [7, 11) is 0. The van der Waals surface area contributed by atoms with Gasteiger partial charge in [0.15, 0.2) is 0 Å². The second-order valence-corrected chi connectivity index (χ2v) is 18.6. The van der Waals surface area contributed by atoms with Gasteiger partial charge in [-0.15, -0.1) is 9.46 Å². The number of benzene rings is 2. The zero-order valence-corrected chi connectivity index (χ0v) is 42.5. The van der Waals surface area contributed by atoms with Crippen LogP contribution in [0.4, 0.5) is 4.79 Å². The Hall–Kier alpha value is -7.60. The molecule has 23 heteroatoms. The topological polar surface area (TPSA) is 289 Å². The number of fused-ring (bicyclic) bond motifs is 2. The Bertz CT molecular complexity index is 2680. The first-order chi connectivity index (χ1) is 36.2. The van der Waals surface area contributed by atoms with Crippen LogP contribution in [0.3, 0.4) is 0 Å². The Kier molecular flexibility index (Phi) is 21.7. The molecule has 0 radical (unpaired) electrons. The molecule has 8 N–H and O–H groups in total. The highest BCUT2D eigenvalue weighted by atomic mass is 16.7. The molecule has 3 atom stereocenters. The van der Waals surface area contributed by atoms with E-state index in [1.165, 1.54) is 24.3 Å². The van der Waals surface area contributed by atoms with E-state index in [1.54, 1.807) is 69.3 Å². The van der Waals surface area contributed by atoms with Crippen molar-refractivity contribution in [1.29, 1.82) is 0 Å². The summed E-state index contributed by atoms with van der Waals surface area (Å²) in [5, 5.41) is 23.2. The van der Waals surface area contributed by atoms with Crippen LogP contribution in [-0.4, -0.2) is 141 Å². The van der Waals surface area contributed by atoms with Crippen molar-refractivity contribution >= 4 is 35.6 Å². The number of amides is 6. The van der Waals surface area contributed by atoms with Crippen LogP contribution in [0, 0.1) is 0 Å². The highest BCUT2D eigenvalue weighted by molar-refractivity contribution is 5.97. The third kappa shape index (κ3) is 17.8. The number of nitrogens with one attached hydrogen (secondary N) is 8. The molecule has 4 aliphatic heterocycles. The molecule has 2 aromatic carbocycles. The van der Waals surface area contributed by atoms with Gasteiger partial charge in [-0.3, -0.25) is 33.6 Å². The van der Waals surface area contributed by atoms with Gasteiger partial charge < -0.3 is 66.4 Å². The van der Waals surface area contributed by atoms with E-state index >= 15 is 0 Å². The van der Waals surface area contributed by atoms with Crippen molar-refractivity contribution in [2.24, 2.45) is 0 Å². The molecule has 1 saturated heterocycles. The minimum atomic E-state index is -0.902. The number of aromatic nitrogens is 2. The van der Waals surface area contributed by atoms with Gasteiger partial charge in [0.1, 0.15) is 41.3 Å². The lowest BCUT2D eigenvalue weighted by atomic mass is 10.1. The van der Waals surface area contributed by atoms with Crippen molar-refractivity contribution in [2.75, 3.05) is 72.2 Å². The molecule has 6 amide bonds. The summed E-state index contributed by atoms with van der Waals surface area (Å²) >= 11 is 0. The summed E-state index contributed by atoms with van der Waals surface area (Å²) in [5.74, 6) is -3.19. The van der Waals surface area contributed by atoms with Crippen molar-refractivity contribution in [3.05, 3.63) is 139 Å². The molecular weight excluding hydrogens is 973 g/mol. The third-order valence-electron chi connectivity index (χ3n) is 11.6. The second kappa shape index (κ2) is 28.7. The maximum atomic E-state index is 14.1. The van der Waals surface area contributed by atoms with E-state index in [2.05, 4.69) is 42.5 Å². The number of rotatable bonds is 13. The Morgan fingerprint density at radius 3 is 1.63 bits per heavy atom. The largest absolute Gasteiger partial charge is 0.444 e. The standard InChI is InChI=1S/C52H68N10O13/c1-52(2,3)75-51(70)58-28-30-71-29-27-57-46(65)39-17-10-22-53-23-11-25-55-44(63)37-18-20-42(61(49(37)68)73-31-35-13-6-4-7-14-35)47(66)59-40-33-72-34-41(40)60-48(67)43-21-19-38(45(64)56-26-12-24-54-39)50(69)62(43)74-32-36-15-8-5-9-16-36/h4-9,13-16,18-21,39-41,53-54H,10-12,17,22-34H2,1-3H3,(H,55,63)(H,56,64)(H,57,65)(H,58,70)(H,59,66)(H,60,67)/t39?,40-,41+/m1/s1. The normalized spacial score (nSPS) is 18.6. The number of hydrogen-bond donors (Lipinski definition) is 8. The smallest absolute Gasteiger partial charge is 0.407 e. The molecule has 0 saturated carbocycles. The second-order valence-electron chi connectivity index (χ2n) is 18.6. The summed E-state index contributed by atoms with van der Waals surface area (Å²) < 4.78 is 18.0. The monoisotopic (exact) mass is 1040 g/mol. The van der Waals surface area contributed by atoms with Crippen LogP contribution in [-0.2, 0) is 32.2 Å². The van der Waals surface area contributed by atoms with Crippen LogP contribution in [0.15, 0.2) is 94.5 Å². The number of pyridine rings is 2. The fourth-order valence-corrected chi connectivity index (χ4v) is 7.79. The van der Waals surface area contributed by atoms with Crippen molar-refractivity contribution < 1.29 is 52.7 Å². The van der Waals surface area contributed by atoms with Crippen LogP contribution < -0.4 is 63.3 Å². The van der Waals surface area contributed by atoms with E-state index in [9.17, 15) is 38.4 Å². The van der Waals surface area contributed by atoms with Crippen LogP contribution in [0.5, 0.6) is 0 Å². The number of alkyl carbamates (subject to hydrolysis) is 1. The zero-order valence-electron chi connectivity index (χ0n) is 42.5. The van der Waals surface area contributed by atoms with Crippen LogP contribution in [0.1, 0.15) is 99.3 Å². The molecule has 23 nitrogen and oxygen atoms in total. The van der Waals surface area contributed by atoms with E-state index in [1.807, 2.05) is 12.1 Å². The predicted octanol–water partition coefficient (Wildman–Crippen LogP) is 0.434. The first kappa shape index (κ1) is 56.7. The predicted molar refractivity (Wildman–Crippen MR) is 274 cm³/mol. The number of ether oxygens (including phenoxy) is 3. The van der Waals surface area contributed by atoms with E-state index < -0.39 is 64.6 Å². The number of hydrogen-bond acceptors (Lipinski definition) is 15. The Morgan fingerprint density at radius 2 is 1.11 bits per heavy atom. The lowest BCUT2D eigenvalue weighted by Gasteiger charge is -2.22. The van der Waals surface area contributed by atoms with Gasteiger partial charge in [0.2, 0.25) is 5.91 Å². The van der Waals surface area contributed by atoms with Gasteiger partial charge in [-0.2, -0.15) is 0 Å². The number of nitrogens with zero attached hydrogens (tertiary/aromatic N) is 2. The van der Waals surface area contributed by atoms with Crippen LogP contribution in [0.2, 0.25) is 0 Å². The van der Waals surface area contributed by atoms with E-state index in [0.717, 1.165) is 9.46 Å². The summed E-state index contributed by atoms with van der Waals surface area (Å²) in [6.45, 7) is 7.52. The maximum absolute atomic E-state index is 14.1. The summed E-state index contributed by atoms with van der Waals surface area (Å²) in [6.07, 6.45) is 1.35. The Morgan fingerprint density at radius 1 is 0.613 bits per heavy atom. The molecule has 404 valence electrons. The van der Waals surface area contributed by atoms with E-state index in [-0.39, 0.29) is 94.2 Å². The van der Waals surface area contributed by atoms with Gasteiger partial charge in [-0.1, -0.05) is 60.7 Å². The first-order valence-electron chi connectivity index (χ1n) is 25.1. The molecule has 4 bridgehead atoms. The molecule has 4 aromatic rings. The van der Waals surface area contributed by atoms with Crippen molar-refractivity contribution in [1.82, 2.24) is 52.0 Å². The highest BCUT2D eigenvalue weighted by Gasteiger charge is 2.34. The fourth-order valence-electron chi connectivity index (χ4n) is 7.79. The molecule has 1 unspecified atom stereocenters. The van der Waals surface area contributed by atoms with E-state index in [4.69, 9.17) is 23.9 Å². The van der Waals surface area contributed by atoms with Gasteiger partial charge >= 0.3 is 6.09 Å². The minimum absolute atomic E-state index is 0.0322. The molecule has 8 rings (SSSR count). The molecular formula is C52H68N10O13. The Balaban J connectivity index is 1.18. The zero-order chi connectivity index (χ0) is 53.6. The quantitative estimate of drug-likeness (QED) is 0.0844. The van der Waals surface area contributed by atoms with Crippen LogP contribution in [0.25, 0.3) is 0 Å². The van der Waals surface area contributed by atoms with Crippen molar-refractivity contribution in [3.8, 4) is 0 Å². The van der Waals surface area contributed by atoms with Gasteiger partial charge in [-0.25, -0.2) is 4.79 Å². The summed E-state index contributed by atoms with van der Waals surface area (Å²) in [4.78, 5) is 120. The highest BCUT2D eigenvalue weighted by Crippen LogP contribution is 2.12. The molecule has 4 aliphatic rings. The molecule has 75 heavy (non-hydrogen) atoms. The maximum Gasteiger partial charge on any atom is 0.407 e. The molecule has 2 aromatic heterocycles. The number of carbonyl (C=O) groups excluding carboxylic acids is 6. The molecule has 0 spiro atoms.